The van der Waals surface area contributed by atoms with Crippen LogP contribution in [0.15, 0.2) is 42.5 Å². The van der Waals surface area contributed by atoms with E-state index in [4.69, 9.17) is 11.6 Å². The first-order valence-corrected chi connectivity index (χ1v) is 10.7. The average Bonchev–Trinajstić information content (AvgIpc) is 3.12. The second kappa shape index (κ2) is 8.23. The van der Waals surface area contributed by atoms with Crippen LogP contribution in [-0.4, -0.2) is 26.8 Å². The van der Waals surface area contributed by atoms with Crippen LogP contribution in [0.1, 0.15) is 48.3 Å². The highest BCUT2D eigenvalue weighted by molar-refractivity contribution is 6.34. The van der Waals surface area contributed by atoms with Crippen LogP contribution in [0.3, 0.4) is 0 Å². The molecule has 0 radical (unpaired) electrons. The zero-order chi connectivity index (χ0) is 25.0. The van der Waals surface area contributed by atoms with Crippen molar-refractivity contribution in [2.24, 2.45) is 11.3 Å². The largest absolute Gasteiger partial charge is 0.481 e. The van der Waals surface area contributed by atoms with Gasteiger partial charge in [-0.15, -0.1) is 0 Å². The number of rotatable bonds is 3. The Balaban J connectivity index is 1.92. The normalized spacial score (nSPS) is 18.1. The molecule has 1 atom stereocenters. The molecular formula is C24H19ClF4N2O3. The summed E-state index contributed by atoms with van der Waals surface area (Å²) >= 11 is 6.00. The Morgan fingerprint density at radius 2 is 1.85 bits per heavy atom. The fraction of sp³-hybridized carbons (Fsp3) is 0.292. The van der Waals surface area contributed by atoms with E-state index in [1.807, 2.05) is 0 Å². The van der Waals surface area contributed by atoms with E-state index < -0.39 is 51.4 Å². The van der Waals surface area contributed by atoms with Crippen molar-refractivity contribution in [2.45, 2.75) is 32.9 Å². The molecular weight excluding hydrogens is 476 g/mol. The molecule has 1 heterocycles. The topological polar surface area (TPSA) is 72.2 Å². The molecule has 0 unspecified atom stereocenters. The van der Waals surface area contributed by atoms with Crippen LogP contribution in [0, 0.1) is 17.2 Å². The van der Waals surface area contributed by atoms with Gasteiger partial charge in [0.05, 0.1) is 38.7 Å². The second-order valence-corrected chi connectivity index (χ2v) is 9.29. The quantitative estimate of drug-likeness (QED) is 0.425. The summed E-state index contributed by atoms with van der Waals surface area (Å²) in [5, 5.41) is 13.3. The molecule has 0 fully saturated rings. The van der Waals surface area contributed by atoms with Gasteiger partial charge in [0.25, 0.3) is 5.91 Å². The minimum atomic E-state index is -4.85. The maximum absolute atomic E-state index is 14.9. The second-order valence-electron chi connectivity index (χ2n) is 8.88. The van der Waals surface area contributed by atoms with Gasteiger partial charge in [0.2, 0.25) is 0 Å². The van der Waals surface area contributed by atoms with Crippen molar-refractivity contribution < 1.29 is 32.3 Å². The molecule has 0 saturated carbocycles. The average molecular weight is 495 g/mol. The molecule has 1 aromatic heterocycles. The molecule has 34 heavy (non-hydrogen) atoms. The third-order valence-electron chi connectivity index (χ3n) is 6.17. The van der Waals surface area contributed by atoms with Crippen LogP contribution in [0.5, 0.6) is 0 Å². The Morgan fingerprint density at radius 1 is 1.18 bits per heavy atom. The van der Waals surface area contributed by atoms with Crippen LogP contribution < -0.4 is 0 Å². The fourth-order valence-corrected chi connectivity index (χ4v) is 4.73. The Morgan fingerprint density at radius 3 is 2.47 bits per heavy atom. The summed E-state index contributed by atoms with van der Waals surface area (Å²) in [6.07, 6.45) is -2.84. The van der Waals surface area contributed by atoms with Crippen molar-refractivity contribution in [1.29, 1.82) is 0 Å². The SMILES string of the molecule is CC1(C)CC(c2nn(C(=O)c3c(Cl)cccc3C(F)(F)F)c3cccc(F)c23)=CC[C@@H]1C(=O)O. The Labute approximate surface area is 196 Å². The van der Waals surface area contributed by atoms with Crippen molar-refractivity contribution >= 4 is 40.0 Å². The summed E-state index contributed by atoms with van der Waals surface area (Å²) < 4.78 is 56.5. The first-order valence-electron chi connectivity index (χ1n) is 10.3. The lowest BCUT2D eigenvalue weighted by atomic mass is 9.68. The molecule has 0 spiro atoms. The minimum absolute atomic E-state index is 0.0212. The van der Waals surface area contributed by atoms with E-state index in [0.29, 0.717) is 5.57 Å². The van der Waals surface area contributed by atoms with Gasteiger partial charge in [0.1, 0.15) is 5.82 Å². The van der Waals surface area contributed by atoms with Crippen LogP contribution in [-0.2, 0) is 11.0 Å². The van der Waals surface area contributed by atoms with Gasteiger partial charge in [0, 0.05) is 0 Å². The van der Waals surface area contributed by atoms with E-state index in [1.165, 1.54) is 12.1 Å². The number of halogens is 5. The molecule has 4 rings (SSSR count). The first-order chi connectivity index (χ1) is 15.8. The number of carboxylic acid groups (broad SMARTS) is 1. The fourth-order valence-electron chi connectivity index (χ4n) is 4.47. The number of allylic oxidation sites excluding steroid dienone is 2. The number of nitrogens with zero attached hydrogens (tertiary/aromatic N) is 2. The van der Waals surface area contributed by atoms with Crippen molar-refractivity contribution in [3.05, 3.63) is 70.1 Å². The van der Waals surface area contributed by atoms with E-state index in [-0.39, 0.29) is 29.4 Å². The number of carbonyl (C=O) groups is 2. The molecule has 1 aliphatic carbocycles. The number of aromatic nitrogens is 2. The Hall–Kier alpha value is -3.20. The molecule has 3 aromatic rings. The maximum Gasteiger partial charge on any atom is 0.417 e. The van der Waals surface area contributed by atoms with Crippen molar-refractivity contribution in [3.8, 4) is 0 Å². The number of hydrogen-bond acceptors (Lipinski definition) is 3. The molecule has 5 nitrogen and oxygen atoms in total. The third-order valence-corrected chi connectivity index (χ3v) is 6.49. The molecule has 0 aliphatic heterocycles. The first kappa shape index (κ1) is 23.9. The van der Waals surface area contributed by atoms with Crippen LogP contribution >= 0.6 is 11.6 Å². The van der Waals surface area contributed by atoms with Crippen LogP contribution in [0.25, 0.3) is 16.5 Å². The predicted molar refractivity (Wildman–Crippen MR) is 118 cm³/mol. The summed E-state index contributed by atoms with van der Waals surface area (Å²) in [7, 11) is 0. The van der Waals surface area contributed by atoms with E-state index in [9.17, 15) is 32.3 Å². The maximum atomic E-state index is 14.9. The van der Waals surface area contributed by atoms with Gasteiger partial charge >= 0.3 is 12.1 Å². The van der Waals surface area contributed by atoms with Gasteiger partial charge in [-0.1, -0.05) is 43.7 Å². The molecule has 1 N–H and O–H groups in total. The van der Waals surface area contributed by atoms with E-state index in [1.54, 1.807) is 19.9 Å². The lowest BCUT2D eigenvalue weighted by Crippen LogP contribution is -2.33. The van der Waals surface area contributed by atoms with Gasteiger partial charge in [-0.3, -0.25) is 9.59 Å². The van der Waals surface area contributed by atoms with Gasteiger partial charge in [-0.2, -0.15) is 23.0 Å². The highest BCUT2D eigenvalue weighted by Crippen LogP contribution is 2.45. The number of carbonyl (C=O) groups excluding carboxylic acids is 1. The predicted octanol–water partition coefficient (Wildman–Crippen LogP) is 6.44. The molecule has 1 aliphatic rings. The summed E-state index contributed by atoms with van der Waals surface area (Å²) in [5.41, 5.74) is -2.15. The lowest BCUT2D eigenvalue weighted by Gasteiger charge is -2.35. The van der Waals surface area contributed by atoms with Gasteiger partial charge in [-0.25, -0.2) is 4.39 Å². The van der Waals surface area contributed by atoms with Gasteiger partial charge in [-0.05, 0) is 48.1 Å². The van der Waals surface area contributed by atoms with E-state index in [0.717, 1.165) is 28.9 Å². The zero-order valence-electron chi connectivity index (χ0n) is 18.1. The minimum Gasteiger partial charge on any atom is -0.481 e. The Kier molecular flexibility index (Phi) is 5.80. The number of carboxylic acids is 1. The van der Waals surface area contributed by atoms with Crippen molar-refractivity contribution in [1.82, 2.24) is 9.78 Å². The van der Waals surface area contributed by atoms with E-state index >= 15 is 0 Å². The summed E-state index contributed by atoms with van der Waals surface area (Å²) in [5.74, 6) is -3.50. The summed E-state index contributed by atoms with van der Waals surface area (Å²) in [6, 6.07) is 6.85. The smallest absolute Gasteiger partial charge is 0.417 e. The number of benzene rings is 2. The molecule has 0 amide bonds. The highest BCUT2D eigenvalue weighted by atomic mass is 35.5. The number of fused-ring (bicyclic) bond motifs is 1. The highest BCUT2D eigenvalue weighted by Gasteiger charge is 2.40. The molecule has 0 saturated heterocycles. The van der Waals surface area contributed by atoms with Crippen LogP contribution in [0.4, 0.5) is 17.6 Å². The monoisotopic (exact) mass is 494 g/mol. The van der Waals surface area contributed by atoms with Crippen LogP contribution in [0.2, 0.25) is 5.02 Å². The number of aliphatic carboxylic acids is 1. The van der Waals surface area contributed by atoms with Gasteiger partial charge < -0.3 is 5.11 Å². The Bertz CT molecular complexity index is 1360. The molecule has 0 bridgehead atoms. The number of alkyl halides is 3. The standard InChI is InChI=1S/C24H19ClF4N2O3/c1-23(2)11-12(9-10-14(23)22(33)34)20-19-16(26)7-4-8-17(19)31(30-20)21(32)18-13(24(27,28)29)5-3-6-15(18)25/h3-9,14H,10-11H2,1-2H3,(H,33,34)/t14-/m1/s1. The molecule has 2 aromatic carbocycles. The summed E-state index contributed by atoms with van der Waals surface area (Å²) in [6.45, 7) is 3.53. The molecule has 178 valence electrons. The summed E-state index contributed by atoms with van der Waals surface area (Å²) in [4.78, 5) is 24.9. The molecule has 10 heteroatoms. The lowest BCUT2D eigenvalue weighted by molar-refractivity contribution is -0.145. The number of hydrogen-bond donors (Lipinski definition) is 1. The van der Waals surface area contributed by atoms with E-state index in [2.05, 4.69) is 5.10 Å². The van der Waals surface area contributed by atoms with Crippen molar-refractivity contribution in [2.75, 3.05) is 0 Å². The van der Waals surface area contributed by atoms with Crippen molar-refractivity contribution in [3.63, 3.8) is 0 Å². The zero-order valence-corrected chi connectivity index (χ0v) is 18.8. The van der Waals surface area contributed by atoms with Gasteiger partial charge in [0.15, 0.2) is 0 Å². The third kappa shape index (κ3) is 3.98.